The first-order chi connectivity index (χ1) is 19.5. The SMILES string of the molecule is COCCCc1ccc(C)cc1Nc1nccc(-c2cc(C#N)c3c(c2)C(C)(COC)CN3C(=O)OC(C)(C)C)n1. The fourth-order valence-corrected chi connectivity index (χ4v) is 5.18. The van der Waals surface area contributed by atoms with Gasteiger partial charge in [0.2, 0.25) is 5.95 Å². The van der Waals surface area contributed by atoms with Gasteiger partial charge in [0.1, 0.15) is 11.7 Å². The van der Waals surface area contributed by atoms with Gasteiger partial charge >= 0.3 is 6.09 Å². The maximum atomic E-state index is 13.2. The minimum atomic E-state index is -0.671. The van der Waals surface area contributed by atoms with Crippen LogP contribution in [0.15, 0.2) is 42.6 Å². The van der Waals surface area contributed by atoms with Gasteiger partial charge in [-0.3, -0.25) is 4.90 Å². The zero-order valence-electron chi connectivity index (χ0n) is 25.0. The van der Waals surface area contributed by atoms with Gasteiger partial charge in [-0.1, -0.05) is 19.1 Å². The summed E-state index contributed by atoms with van der Waals surface area (Å²) >= 11 is 0. The lowest BCUT2D eigenvalue weighted by atomic mass is 9.83. The predicted octanol–water partition coefficient (Wildman–Crippen LogP) is 6.31. The first kappa shape index (κ1) is 30.0. The Morgan fingerprint density at radius 2 is 1.95 bits per heavy atom. The van der Waals surface area contributed by atoms with Gasteiger partial charge in [-0.25, -0.2) is 14.8 Å². The Bertz CT molecular complexity index is 1460. The van der Waals surface area contributed by atoms with Gasteiger partial charge in [-0.15, -0.1) is 0 Å². The summed E-state index contributed by atoms with van der Waals surface area (Å²) in [6.07, 6.45) is 2.97. The molecule has 41 heavy (non-hydrogen) atoms. The number of aromatic nitrogens is 2. The van der Waals surface area contributed by atoms with Crippen LogP contribution in [-0.4, -0.2) is 55.6 Å². The Morgan fingerprint density at radius 1 is 1.17 bits per heavy atom. The summed E-state index contributed by atoms with van der Waals surface area (Å²) in [5.74, 6) is 0.454. The standard InChI is InChI=1S/C32H39N5O4/c1-21-10-11-22(9-8-14-39-6)27(15-21)36-29-34-13-12-26(35-29)23-16-24(18-33)28-25(17-23)32(5,20-40-7)19-37(28)30(38)41-31(2,3)4/h10-13,15-17H,8-9,14,19-20H2,1-7H3,(H,34,35,36). The zero-order valence-corrected chi connectivity index (χ0v) is 25.0. The number of rotatable bonds is 9. The van der Waals surface area contributed by atoms with Crippen molar-refractivity contribution in [1.29, 1.82) is 5.26 Å². The summed E-state index contributed by atoms with van der Waals surface area (Å²) in [4.78, 5) is 24.0. The van der Waals surface area contributed by atoms with Crippen LogP contribution in [0, 0.1) is 18.3 Å². The number of methoxy groups -OCH3 is 2. The van der Waals surface area contributed by atoms with E-state index in [1.807, 2.05) is 46.8 Å². The molecule has 9 heteroatoms. The number of carbonyl (C=O) groups excluding carboxylic acids is 1. The number of aryl methyl sites for hydroxylation is 2. The lowest BCUT2D eigenvalue weighted by molar-refractivity contribution is 0.0571. The maximum absolute atomic E-state index is 13.2. The molecule has 0 radical (unpaired) electrons. The molecule has 1 aliphatic heterocycles. The highest BCUT2D eigenvalue weighted by Gasteiger charge is 2.44. The Hall–Kier alpha value is -4.00. The van der Waals surface area contributed by atoms with Crippen LogP contribution in [0.4, 0.5) is 22.1 Å². The second-order valence-electron chi connectivity index (χ2n) is 11.7. The van der Waals surface area contributed by atoms with Crippen LogP contribution in [0.3, 0.4) is 0 Å². The van der Waals surface area contributed by atoms with Gasteiger partial charge in [0.05, 0.1) is 23.6 Å². The number of nitriles is 1. The molecular weight excluding hydrogens is 518 g/mol. The fourth-order valence-electron chi connectivity index (χ4n) is 5.18. The first-order valence-electron chi connectivity index (χ1n) is 13.7. The second-order valence-corrected chi connectivity index (χ2v) is 11.7. The average Bonchev–Trinajstić information content (AvgIpc) is 3.21. The summed E-state index contributed by atoms with van der Waals surface area (Å²) in [5, 5.41) is 13.6. The number of anilines is 3. The highest BCUT2D eigenvalue weighted by molar-refractivity contribution is 5.95. The summed E-state index contributed by atoms with van der Waals surface area (Å²) in [6.45, 7) is 10.9. The zero-order chi connectivity index (χ0) is 29.8. The van der Waals surface area contributed by atoms with Gasteiger partial charge in [0.25, 0.3) is 0 Å². The van der Waals surface area contributed by atoms with Gasteiger partial charge in [0.15, 0.2) is 0 Å². The number of carbonyl (C=O) groups is 1. The molecule has 0 fully saturated rings. The third-order valence-corrected chi connectivity index (χ3v) is 6.99. The maximum Gasteiger partial charge on any atom is 0.414 e. The van der Waals surface area contributed by atoms with Crippen LogP contribution in [0.1, 0.15) is 56.4 Å². The molecule has 1 amide bonds. The summed E-state index contributed by atoms with van der Waals surface area (Å²) < 4.78 is 16.5. The van der Waals surface area contributed by atoms with Crippen molar-refractivity contribution in [2.24, 2.45) is 0 Å². The van der Waals surface area contributed by atoms with Crippen LogP contribution in [0.5, 0.6) is 0 Å². The number of fused-ring (bicyclic) bond motifs is 1. The van der Waals surface area contributed by atoms with Crippen molar-refractivity contribution in [3.63, 3.8) is 0 Å². The third kappa shape index (κ3) is 6.84. The van der Waals surface area contributed by atoms with E-state index in [1.165, 1.54) is 0 Å². The van der Waals surface area contributed by atoms with Crippen molar-refractivity contribution in [2.45, 2.75) is 58.5 Å². The molecule has 1 atom stereocenters. The highest BCUT2D eigenvalue weighted by Crippen LogP contribution is 2.45. The van der Waals surface area contributed by atoms with Gasteiger partial charge in [0, 0.05) is 50.2 Å². The molecule has 4 rings (SSSR count). The highest BCUT2D eigenvalue weighted by atomic mass is 16.6. The van der Waals surface area contributed by atoms with Crippen molar-refractivity contribution in [1.82, 2.24) is 9.97 Å². The van der Waals surface area contributed by atoms with E-state index >= 15 is 0 Å². The van der Waals surface area contributed by atoms with Gasteiger partial charge in [-0.05, 0) is 81.5 Å². The van der Waals surface area contributed by atoms with E-state index in [4.69, 9.17) is 19.2 Å². The average molecular weight is 558 g/mol. The van der Waals surface area contributed by atoms with Crippen molar-refractivity contribution < 1.29 is 19.0 Å². The van der Waals surface area contributed by atoms with Crippen LogP contribution < -0.4 is 10.2 Å². The Balaban J connectivity index is 1.73. The molecule has 1 aliphatic rings. The number of nitrogens with one attached hydrogen (secondary N) is 1. The molecule has 2 heterocycles. The number of hydrogen-bond acceptors (Lipinski definition) is 8. The van der Waals surface area contributed by atoms with E-state index in [0.29, 0.717) is 42.7 Å². The minimum Gasteiger partial charge on any atom is -0.443 e. The van der Waals surface area contributed by atoms with Crippen molar-refractivity contribution in [3.05, 3.63) is 64.8 Å². The van der Waals surface area contributed by atoms with E-state index < -0.39 is 17.1 Å². The molecule has 216 valence electrons. The van der Waals surface area contributed by atoms with E-state index in [1.54, 1.807) is 31.4 Å². The van der Waals surface area contributed by atoms with Crippen molar-refractivity contribution in [3.8, 4) is 17.3 Å². The molecule has 3 aromatic rings. The van der Waals surface area contributed by atoms with Crippen LogP contribution >= 0.6 is 0 Å². The summed E-state index contributed by atoms with van der Waals surface area (Å²) in [6, 6.07) is 14.2. The summed E-state index contributed by atoms with van der Waals surface area (Å²) in [7, 11) is 3.34. The van der Waals surface area contributed by atoms with Crippen LogP contribution in [0.25, 0.3) is 11.3 Å². The third-order valence-electron chi connectivity index (χ3n) is 6.99. The largest absolute Gasteiger partial charge is 0.443 e. The Kier molecular flexibility index (Phi) is 8.95. The molecule has 1 N–H and O–H groups in total. The number of nitrogens with zero attached hydrogens (tertiary/aromatic N) is 4. The Labute approximate surface area is 242 Å². The Morgan fingerprint density at radius 3 is 2.63 bits per heavy atom. The monoisotopic (exact) mass is 557 g/mol. The second kappa shape index (κ2) is 12.2. The smallest absolute Gasteiger partial charge is 0.414 e. The fraction of sp³-hybridized carbons (Fsp3) is 0.438. The molecular formula is C32H39N5O4. The quantitative estimate of drug-likeness (QED) is 0.305. The number of hydrogen-bond donors (Lipinski definition) is 1. The molecule has 1 unspecified atom stereocenters. The van der Waals surface area contributed by atoms with E-state index in [-0.39, 0.29) is 0 Å². The van der Waals surface area contributed by atoms with E-state index in [2.05, 4.69) is 34.6 Å². The molecule has 0 saturated heterocycles. The molecule has 0 spiro atoms. The lowest BCUT2D eigenvalue weighted by Crippen LogP contribution is -2.40. The topological polar surface area (TPSA) is 110 Å². The van der Waals surface area contributed by atoms with Gasteiger partial charge in [-0.2, -0.15) is 5.26 Å². The molecule has 2 aromatic carbocycles. The molecule has 0 aliphatic carbocycles. The molecule has 9 nitrogen and oxygen atoms in total. The molecule has 0 saturated carbocycles. The van der Waals surface area contributed by atoms with E-state index in [0.717, 1.165) is 40.8 Å². The van der Waals surface area contributed by atoms with Crippen LogP contribution in [-0.2, 0) is 26.0 Å². The first-order valence-corrected chi connectivity index (χ1v) is 13.7. The summed E-state index contributed by atoms with van der Waals surface area (Å²) in [5.41, 5.74) is 5.19. The van der Waals surface area contributed by atoms with Crippen molar-refractivity contribution in [2.75, 3.05) is 44.2 Å². The van der Waals surface area contributed by atoms with Crippen LogP contribution in [0.2, 0.25) is 0 Å². The number of benzene rings is 2. The normalized spacial score (nSPS) is 16.3. The van der Waals surface area contributed by atoms with E-state index in [9.17, 15) is 10.1 Å². The molecule has 0 bridgehead atoms. The van der Waals surface area contributed by atoms with Crippen molar-refractivity contribution >= 4 is 23.4 Å². The predicted molar refractivity (Wildman–Crippen MR) is 160 cm³/mol. The van der Waals surface area contributed by atoms with Gasteiger partial charge < -0.3 is 19.5 Å². The number of amides is 1. The number of ether oxygens (including phenoxy) is 3. The minimum absolute atomic E-state index is 0.332. The molecule has 1 aromatic heterocycles. The lowest BCUT2D eigenvalue weighted by Gasteiger charge is -2.27.